The number of amides is 3. The van der Waals surface area contributed by atoms with Gasteiger partial charge in [0.25, 0.3) is 0 Å². The van der Waals surface area contributed by atoms with Gasteiger partial charge in [-0.05, 0) is 25.7 Å². The number of carboxylic acid groups (broad SMARTS) is 1. The first-order valence-electron chi connectivity index (χ1n) is 12.0. The summed E-state index contributed by atoms with van der Waals surface area (Å²) in [4.78, 5) is 60.9. The highest BCUT2D eigenvalue weighted by molar-refractivity contribution is 5.94. The predicted molar refractivity (Wildman–Crippen MR) is 135 cm³/mol. The Kier molecular flexibility index (Phi) is 13.0. The smallest absolute Gasteiger partial charge is 0.328 e. The molecule has 0 spiro atoms. The summed E-state index contributed by atoms with van der Waals surface area (Å²) in [7, 11) is 0. The summed E-state index contributed by atoms with van der Waals surface area (Å²) < 4.78 is 0. The number of hydrogen-bond acceptors (Lipinski definition) is 8. The van der Waals surface area contributed by atoms with Gasteiger partial charge >= 0.3 is 5.97 Å². The molecule has 0 aliphatic rings. The number of carboxylic acids is 1. The second-order valence-corrected chi connectivity index (χ2v) is 8.83. The van der Waals surface area contributed by atoms with Gasteiger partial charge in [0.15, 0.2) is 12.0 Å². The Morgan fingerprint density at radius 3 is 2.22 bits per heavy atom. The summed E-state index contributed by atoms with van der Waals surface area (Å²) in [6, 6.07) is -4.79. The lowest BCUT2D eigenvalue weighted by molar-refractivity contribution is -0.145. The van der Waals surface area contributed by atoms with Crippen molar-refractivity contribution in [3.63, 3.8) is 0 Å². The van der Waals surface area contributed by atoms with E-state index in [1.54, 1.807) is 0 Å². The first-order valence-corrected chi connectivity index (χ1v) is 12.0. The summed E-state index contributed by atoms with van der Waals surface area (Å²) in [6.45, 7) is 5.10. The molecule has 12 N–H and O–H groups in total. The SMILES string of the molecule is CCC(C)C(N)C(=O)NC(CCCN=C(N)N)C(=O)NC(Cc1cnc[nH]1)C(=O)NC(C(=O)O)C(C)O. The van der Waals surface area contributed by atoms with Gasteiger partial charge in [0.2, 0.25) is 17.7 Å². The second-order valence-electron chi connectivity index (χ2n) is 8.83. The molecule has 6 atom stereocenters. The van der Waals surface area contributed by atoms with Crippen LogP contribution in [0.25, 0.3) is 0 Å². The quantitative estimate of drug-likeness (QED) is 0.0612. The van der Waals surface area contributed by atoms with E-state index in [1.807, 2.05) is 13.8 Å². The summed E-state index contributed by atoms with van der Waals surface area (Å²) in [5.74, 6) is -3.79. The van der Waals surface area contributed by atoms with E-state index >= 15 is 0 Å². The fourth-order valence-corrected chi connectivity index (χ4v) is 3.29. The van der Waals surface area contributed by atoms with E-state index in [0.717, 1.165) is 0 Å². The Labute approximate surface area is 215 Å². The number of nitrogens with two attached hydrogens (primary N) is 3. The third-order valence-electron chi connectivity index (χ3n) is 5.80. The van der Waals surface area contributed by atoms with E-state index in [4.69, 9.17) is 17.2 Å². The van der Waals surface area contributed by atoms with Gasteiger partial charge in [0, 0.05) is 24.9 Å². The molecule has 1 aromatic rings. The van der Waals surface area contributed by atoms with Gasteiger partial charge in [-0.3, -0.25) is 19.4 Å². The monoisotopic (exact) mass is 525 g/mol. The number of aliphatic hydroxyl groups is 1. The average Bonchev–Trinajstić information content (AvgIpc) is 3.35. The third kappa shape index (κ3) is 10.8. The number of aromatic amines is 1. The maximum atomic E-state index is 13.2. The molecule has 6 unspecified atom stereocenters. The molecule has 1 rings (SSSR count). The van der Waals surface area contributed by atoms with Crippen LogP contribution in [0, 0.1) is 5.92 Å². The number of guanidine groups is 1. The highest BCUT2D eigenvalue weighted by atomic mass is 16.4. The molecule has 1 aromatic heterocycles. The Balaban J connectivity index is 3.11. The lowest BCUT2D eigenvalue weighted by Crippen LogP contribution is -2.59. The third-order valence-corrected chi connectivity index (χ3v) is 5.80. The number of hydrogen-bond donors (Lipinski definition) is 9. The van der Waals surface area contributed by atoms with Gasteiger partial charge in [-0.1, -0.05) is 20.3 Å². The molecule has 1 heterocycles. The molecule has 0 aromatic carbocycles. The average molecular weight is 526 g/mol. The van der Waals surface area contributed by atoms with E-state index in [9.17, 15) is 29.4 Å². The van der Waals surface area contributed by atoms with Crippen molar-refractivity contribution in [3.8, 4) is 0 Å². The van der Waals surface area contributed by atoms with E-state index < -0.39 is 54.0 Å². The van der Waals surface area contributed by atoms with Gasteiger partial charge in [-0.15, -0.1) is 0 Å². The number of imidazole rings is 1. The molecular weight excluding hydrogens is 486 g/mol. The number of aliphatic carboxylic acids is 1. The highest BCUT2D eigenvalue weighted by Gasteiger charge is 2.32. The maximum absolute atomic E-state index is 13.2. The minimum Gasteiger partial charge on any atom is -0.480 e. The van der Waals surface area contributed by atoms with Crippen LogP contribution in [-0.4, -0.2) is 86.6 Å². The fourth-order valence-electron chi connectivity index (χ4n) is 3.29. The van der Waals surface area contributed by atoms with Crippen LogP contribution in [0.3, 0.4) is 0 Å². The maximum Gasteiger partial charge on any atom is 0.328 e. The Morgan fingerprint density at radius 2 is 1.70 bits per heavy atom. The molecule has 208 valence electrons. The number of nitrogens with one attached hydrogen (secondary N) is 4. The normalized spacial score (nSPS) is 15.8. The minimum absolute atomic E-state index is 0.0647. The Hall–Kier alpha value is -3.72. The molecule has 0 saturated carbocycles. The zero-order chi connectivity index (χ0) is 28.1. The van der Waals surface area contributed by atoms with Crippen molar-refractivity contribution in [2.75, 3.05) is 6.54 Å². The summed E-state index contributed by atoms with van der Waals surface area (Å²) >= 11 is 0. The number of nitrogens with zero attached hydrogens (tertiary/aromatic N) is 2. The summed E-state index contributed by atoms with van der Waals surface area (Å²) in [5, 5.41) is 26.5. The van der Waals surface area contributed by atoms with Crippen LogP contribution < -0.4 is 33.2 Å². The molecule has 15 heteroatoms. The number of aliphatic hydroxyl groups excluding tert-OH is 1. The van der Waals surface area contributed by atoms with E-state index in [-0.39, 0.29) is 31.3 Å². The van der Waals surface area contributed by atoms with Crippen molar-refractivity contribution in [1.82, 2.24) is 25.9 Å². The van der Waals surface area contributed by atoms with Crippen LogP contribution in [-0.2, 0) is 25.6 Å². The fraction of sp³-hybridized carbons (Fsp3) is 0.636. The zero-order valence-electron chi connectivity index (χ0n) is 21.3. The first-order chi connectivity index (χ1) is 17.4. The Bertz CT molecular complexity index is 918. The molecule has 0 aliphatic carbocycles. The van der Waals surface area contributed by atoms with Gasteiger partial charge in [0.05, 0.1) is 18.5 Å². The molecular formula is C22H39N9O6. The van der Waals surface area contributed by atoms with Crippen LogP contribution in [0.4, 0.5) is 0 Å². The number of rotatable bonds is 16. The van der Waals surface area contributed by atoms with Crippen molar-refractivity contribution >= 4 is 29.7 Å². The van der Waals surface area contributed by atoms with Gasteiger partial charge in [-0.2, -0.15) is 0 Å². The standard InChI is InChI=1S/C22H39N9O6/c1-4-11(2)16(23)20(35)29-14(6-5-7-27-22(24)25)18(33)30-15(8-13-9-26-10-28-13)19(34)31-17(12(3)32)21(36)37/h9-12,14-17,32H,4-8,23H2,1-3H3,(H,26,28)(H,29,35)(H,30,33)(H,31,34)(H,36,37)(H4,24,25,27). The highest BCUT2D eigenvalue weighted by Crippen LogP contribution is 2.08. The molecule has 15 nitrogen and oxygen atoms in total. The molecule has 0 radical (unpaired) electrons. The van der Waals surface area contributed by atoms with Crippen LogP contribution >= 0.6 is 0 Å². The van der Waals surface area contributed by atoms with Crippen LogP contribution in [0.2, 0.25) is 0 Å². The number of aromatic nitrogens is 2. The molecule has 0 bridgehead atoms. The van der Waals surface area contributed by atoms with Crippen molar-refractivity contribution < 1.29 is 29.4 Å². The van der Waals surface area contributed by atoms with Crippen molar-refractivity contribution in [1.29, 1.82) is 0 Å². The Morgan fingerprint density at radius 1 is 1.08 bits per heavy atom. The number of aliphatic imine (C=N–C) groups is 1. The lowest BCUT2D eigenvalue weighted by Gasteiger charge is -2.26. The van der Waals surface area contributed by atoms with Crippen LogP contribution in [0.1, 0.15) is 45.7 Å². The van der Waals surface area contributed by atoms with E-state index in [0.29, 0.717) is 18.5 Å². The zero-order valence-corrected chi connectivity index (χ0v) is 21.3. The molecule has 0 fully saturated rings. The van der Waals surface area contributed by atoms with Crippen molar-refractivity contribution in [3.05, 3.63) is 18.2 Å². The van der Waals surface area contributed by atoms with Gasteiger partial charge < -0.3 is 48.3 Å². The summed E-state index contributed by atoms with van der Waals surface area (Å²) in [6.07, 6.45) is 2.47. The van der Waals surface area contributed by atoms with E-state index in [2.05, 4.69) is 30.9 Å². The summed E-state index contributed by atoms with van der Waals surface area (Å²) in [5.41, 5.74) is 17.2. The van der Waals surface area contributed by atoms with Crippen LogP contribution in [0.5, 0.6) is 0 Å². The van der Waals surface area contributed by atoms with Crippen molar-refractivity contribution in [2.45, 2.75) is 76.7 Å². The topological polar surface area (TPSA) is 264 Å². The first kappa shape index (κ1) is 31.3. The minimum atomic E-state index is -1.60. The molecule has 3 amide bonds. The lowest BCUT2D eigenvalue weighted by atomic mass is 9.98. The largest absolute Gasteiger partial charge is 0.480 e. The number of carbonyl (C=O) groups excluding carboxylic acids is 3. The molecule has 37 heavy (non-hydrogen) atoms. The number of carbonyl (C=O) groups is 4. The molecule has 0 aliphatic heterocycles. The molecule has 0 saturated heterocycles. The predicted octanol–water partition coefficient (Wildman–Crippen LogP) is -2.70. The number of H-pyrrole nitrogens is 1. The van der Waals surface area contributed by atoms with Gasteiger partial charge in [-0.25, -0.2) is 9.78 Å². The van der Waals surface area contributed by atoms with Crippen LogP contribution in [0.15, 0.2) is 17.5 Å². The van der Waals surface area contributed by atoms with E-state index in [1.165, 1.54) is 19.4 Å². The van der Waals surface area contributed by atoms with Crippen molar-refractivity contribution in [2.24, 2.45) is 28.1 Å². The second kappa shape index (κ2) is 15.4. The van der Waals surface area contributed by atoms with Gasteiger partial charge in [0.1, 0.15) is 12.1 Å².